The minimum atomic E-state index is -4.95. The van der Waals surface area contributed by atoms with Crippen molar-refractivity contribution in [2.24, 2.45) is 23.7 Å². The van der Waals surface area contributed by atoms with Crippen LogP contribution in [-0.2, 0) is 65.4 Å². The predicted octanol–water partition coefficient (Wildman–Crippen LogP) is 21.7. The highest BCUT2D eigenvalue weighted by Crippen LogP contribution is 2.45. The van der Waals surface area contributed by atoms with Gasteiger partial charge in [-0.25, -0.2) is 9.13 Å². The molecule has 0 saturated heterocycles. The maximum atomic E-state index is 13.0. The lowest BCUT2D eigenvalue weighted by atomic mass is 9.99. The van der Waals surface area contributed by atoms with Gasteiger partial charge in [-0.3, -0.25) is 37.3 Å². The van der Waals surface area contributed by atoms with E-state index in [1.165, 1.54) is 173 Å². The summed E-state index contributed by atoms with van der Waals surface area (Å²) in [5.41, 5.74) is 0. The maximum Gasteiger partial charge on any atom is 0.472 e. The van der Waals surface area contributed by atoms with Crippen molar-refractivity contribution in [3.05, 3.63) is 0 Å². The van der Waals surface area contributed by atoms with Crippen LogP contribution in [-0.4, -0.2) is 96.7 Å². The highest BCUT2D eigenvalue weighted by molar-refractivity contribution is 7.47. The van der Waals surface area contributed by atoms with Crippen LogP contribution in [0.2, 0.25) is 0 Å². The van der Waals surface area contributed by atoms with Crippen LogP contribution in [0.3, 0.4) is 0 Å². The van der Waals surface area contributed by atoms with E-state index in [0.717, 1.165) is 108 Å². The molecule has 0 fully saturated rings. The number of carbonyl (C=O) groups is 4. The van der Waals surface area contributed by atoms with Crippen LogP contribution >= 0.6 is 15.6 Å². The molecule has 0 aliphatic rings. The van der Waals surface area contributed by atoms with Crippen molar-refractivity contribution in [2.45, 2.75) is 395 Å². The summed E-state index contributed by atoms with van der Waals surface area (Å²) in [5.74, 6) is 0.878. The van der Waals surface area contributed by atoms with Crippen molar-refractivity contribution in [1.29, 1.82) is 0 Å². The van der Waals surface area contributed by atoms with Gasteiger partial charge in [0.2, 0.25) is 0 Å². The number of phosphoric acid groups is 2. The Kier molecular flexibility index (Phi) is 63.1. The van der Waals surface area contributed by atoms with E-state index in [9.17, 15) is 43.2 Å². The zero-order valence-electron chi connectivity index (χ0n) is 61.6. The minimum Gasteiger partial charge on any atom is -0.462 e. The smallest absolute Gasteiger partial charge is 0.462 e. The third-order valence-electron chi connectivity index (χ3n) is 17.7. The zero-order valence-corrected chi connectivity index (χ0v) is 63.4. The van der Waals surface area contributed by atoms with E-state index in [4.69, 9.17) is 37.0 Å². The Morgan fingerprint density at radius 2 is 0.511 bits per heavy atom. The van der Waals surface area contributed by atoms with Crippen molar-refractivity contribution in [2.75, 3.05) is 39.6 Å². The molecule has 0 aliphatic carbocycles. The molecule has 3 N–H and O–H groups in total. The fourth-order valence-electron chi connectivity index (χ4n) is 11.3. The minimum absolute atomic E-state index is 0.103. The lowest BCUT2D eigenvalue weighted by molar-refractivity contribution is -0.161. The topological polar surface area (TPSA) is 237 Å². The van der Waals surface area contributed by atoms with E-state index in [1.54, 1.807) is 0 Å². The molecule has 19 heteroatoms. The van der Waals surface area contributed by atoms with Crippen LogP contribution in [0.4, 0.5) is 0 Å². The molecule has 558 valence electrons. The monoisotopic (exact) mass is 1380 g/mol. The van der Waals surface area contributed by atoms with E-state index in [0.29, 0.717) is 37.5 Å². The Labute approximate surface area is 575 Å². The maximum absolute atomic E-state index is 13.0. The second-order valence-electron chi connectivity index (χ2n) is 28.7. The molecule has 0 bridgehead atoms. The third-order valence-corrected chi connectivity index (χ3v) is 19.6. The Morgan fingerprint density at radius 1 is 0.298 bits per heavy atom. The van der Waals surface area contributed by atoms with Gasteiger partial charge in [0.05, 0.1) is 26.4 Å². The standard InChI is InChI=1S/C75H146O17P2/c1-9-68(8)54-46-38-29-23-20-21-24-30-39-47-55-72(77)85-61-70(92-75(80)58-50-42-32-26-28-36-44-52-66(4)5)63-89-93(81,82)87-59-69(76)60-88-94(83,84)90-64-71(62-86-73(78)56-48-40-34-33-37-45-53-67(6)7)91-74(79)57-49-41-31-25-19-17-15-13-11-10-12-14-16-18-22-27-35-43-51-65(2)3/h65-71,76H,9-64H2,1-8H3,(H,81,82)(H,83,84)/t68?,69?,70-,71-/m1/s1. The Morgan fingerprint density at radius 3 is 0.755 bits per heavy atom. The van der Waals surface area contributed by atoms with E-state index in [-0.39, 0.29) is 25.7 Å². The van der Waals surface area contributed by atoms with Crippen LogP contribution < -0.4 is 0 Å². The molecule has 0 aromatic heterocycles. The number of carbonyl (C=O) groups excluding carboxylic acids is 4. The van der Waals surface area contributed by atoms with Crippen molar-refractivity contribution in [3.8, 4) is 0 Å². The second-order valence-corrected chi connectivity index (χ2v) is 31.6. The molecule has 0 aliphatic heterocycles. The number of ether oxygens (including phenoxy) is 4. The fourth-order valence-corrected chi connectivity index (χ4v) is 12.9. The molecule has 17 nitrogen and oxygen atoms in total. The SMILES string of the molecule is CCC(C)CCCCCCCCCCCCC(=O)OC[C@H](COP(=O)(O)OCC(O)COP(=O)(O)OC[C@@H](COC(=O)CCCCCCCCC(C)C)OC(=O)CCCCCCCCCCCCCCCCCCCCC(C)C)OC(=O)CCCCCCCCCC(C)C. The molecule has 0 saturated carbocycles. The highest BCUT2D eigenvalue weighted by Gasteiger charge is 2.30. The molecule has 0 amide bonds. The Balaban J connectivity index is 5.15. The normalized spacial score (nSPS) is 14.4. The largest absolute Gasteiger partial charge is 0.472 e. The van der Waals surface area contributed by atoms with Gasteiger partial charge >= 0.3 is 39.5 Å². The molecular weight excluding hydrogens is 1230 g/mol. The molecule has 0 aromatic rings. The first kappa shape index (κ1) is 92.1. The average Bonchev–Trinajstić information content (AvgIpc) is 1.35. The van der Waals surface area contributed by atoms with E-state index in [2.05, 4.69) is 55.4 Å². The van der Waals surface area contributed by atoms with Gasteiger partial charge < -0.3 is 33.8 Å². The number of esters is 4. The summed E-state index contributed by atoms with van der Waals surface area (Å²) >= 11 is 0. The first-order valence-corrected chi connectivity index (χ1v) is 41.7. The van der Waals surface area contributed by atoms with Crippen LogP contribution in [0.1, 0.15) is 376 Å². The molecule has 0 aromatic carbocycles. The van der Waals surface area contributed by atoms with Crippen molar-refractivity contribution >= 4 is 39.5 Å². The summed E-state index contributed by atoms with van der Waals surface area (Å²) in [5, 5.41) is 10.6. The summed E-state index contributed by atoms with van der Waals surface area (Å²) in [6.45, 7) is 14.1. The molecule has 94 heavy (non-hydrogen) atoms. The Bertz CT molecular complexity index is 1850. The van der Waals surface area contributed by atoms with Gasteiger partial charge in [-0.15, -0.1) is 0 Å². The summed E-state index contributed by atoms with van der Waals surface area (Å²) in [6.07, 6.45) is 48.9. The highest BCUT2D eigenvalue weighted by atomic mass is 31.2. The average molecular weight is 1380 g/mol. The van der Waals surface area contributed by atoms with Crippen molar-refractivity contribution < 1.29 is 80.2 Å². The third kappa shape index (κ3) is 67.3. The van der Waals surface area contributed by atoms with Gasteiger partial charge in [-0.2, -0.15) is 0 Å². The quantitative estimate of drug-likeness (QED) is 0.0222. The van der Waals surface area contributed by atoms with Crippen LogP contribution in [0.5, 0.6) is 0 Å². The van der Waals surface area contributed by atoms with Gasteiger partial charge in [0.15, 0.2) is 12.2 Å². The number of aliphatic hydroxyl groups excluding tert-OH is 1. The lowest BCUT2D eigenvalue weighted by Gasteiger charge is -2.21. The number of hydrogen-bond acceptors (Lipinski definition) is 15. The van der Waals surface area contributed by atoms with Crippen molar-refractivity contribution in [1.82, 2.24) is 0 Å². The predicted molar refractivity (Wildman–Crippen MR) is 381 cm³/mol. The van der Waals surface area contributed by atoms with E-state index >= 15 is 0 Å². The summed E-state index contributed by atoms with van der Waals surface area (Å²) in [4.78, 5) is 72.6. The van der Waals surface area contributed by atoms with Gasteiger partial charge in [0.25, 0.3) is 0 Å². The van der Waals surface area contributed by atoms with E-state index in [1.807, 2.05) is 0 Å². The number of rotatable bonds is 72. The number of unbranched alkanes of at least 4 members (excludes halogenated alkanes) is 37. The fraction of sp³-hybridized carbons (Fsp3) is 0.947. The van der Waals surface area contributed by atoms with Crippen molar-refractivity contribution in [3.63, 3.8) is 0 Å². The second kappa shape index (κ2) is 64.4. The zero-order chi connectivity index (χ0) is 69.6. The first-order valence-electron chi connectivity index (χ1n) is 38.7. The van der Waals surface area contributed by atoms with Crippen LogP contribution in [0.25, 0.3) is 0 Å². The summed E-state index contributed by atoms with van der Waals surface area (Å²) in [7, 11) is -9.91. The molecule has 0 heterocycles. The van der Waals surface area contributed by atoms with Gasteiger partial charge in [0, 0.05) is 25.7 Å². The van der Waals surface area contributed by atoms with Crippen LogP contribution in [0.15, 0.2) is 0 Å². The molecule has 6 atom stereocenters. The van der Waals surface area contributed by atoms with E-state index < -0.39 is 97.5 Å². The Hall–Kier alpha value is -1.94. The summed E-state index contributed by atoms with van der Waals surface area (Å²) in [6, 6.07) is 0. The van der Waals surface area contributed by atoms with Crippen LogP contribution in [0, 0.1) is 23.7 Å². The van der Waals surface area contributed by atoms with Gasteiger partial charge in [-0.05, 0) is 49.4 Å². The molecule has 0 rings (SSSR count). The van der Waals surface area contributed by atoms with Gasteiger partial charge in [-0.1, -0.05) is 325 Å². The molecule has 0 spiro atoms. The number of phosphoric ester groups is 2. The number of hydrogen-bond donors (Lipinski definition) is 3. The molecular formula is C75H146O17P2. The lowest BCUT2D eigenvalue weighted by Crippen LogP contribution is -2.30. The number of aliphatic hydroxyl groups is 1. The summed E-state index contributed by atoms with van der Waals surface area (Å²) < 4.78 is 68.4. The molecule has 0 radical (unpaired) electrons. The van der Waals surface area contributed by atoms with Gasteiger partial charge in [0.1, 0.15) is 19.3 Å². The first-order chi connectivity index (χ1) is 45.1. The molecule has 4 unspecified atom stereocenters.